The predicted octanol–water partition coefficient (Wildman–Crippen LogP) is 3.20. The summed E-state index contributed by atoms with van der Waals surface area (Å²) >= 11 is 0. The van der Waals surface area contributed by atoms with Crippen molar-refractivity contribution in [3.05, 3.63) is 69.3 Å². The largest absolute Gasteiger partial charge is 0.452 e. The molecule has 7 nitrogen and oxygen atoms in total. The maximum absolute atomic E-state index is 12.2. The molecule has 2 aromatic rings. The van der Waals surface area contributed by atoms with E-state index in [9.17, 15) is 19.7 Å². The minimum absolute atomic E-state index is 0.0639. The number of nitro groups is 1. The molecule has 1 amide bonds. The summed E-state index contributed by atoms with van der Waals surface area (Å²) in [4.78, 5) is 34.8. The van der Waals surface area contributed by atoms with Crippen LogP contribution in [0.3, 0.4) is 0 Å². The fraction of sp³-hybridized carbons (Fsp3) is 0.300. The maximum Gasteiger partial charge on any atom is 0.311 e. The van der Waals surface area contributed by atoms with Gasteiger partial charge in [-0.15, -0.1) is 0 Å². The highest BCUT2D eigenvalue weighted by atomic mass is 16.6. The summed E-state index contributed by atoms with van der Waals surface area (Å²) in [5.41, 5.74) is 3.29. The van der Waals surface area contributed by atoms with Crippen LogP contribution >= 0.6 is 0 Å². The van der Waals surface area contributed by atoms with Gasteiger partial charge in [-0.2, -0.15) is 0 Å². The number of amides is 1. The molecule has 0 aromatic heterocycles. The van der Waals surface area contributed by atoms with Gasteiger partial charge in [0.2, 0.25) is 0 Å². The van der Waals surface area contributed by atoms with Crippen molar-refractivity contribution in [2.24, 2.45) is 0 Å². The number of nitro benzene ring substituents is 1. The zero-order chi connectivity index (χ0) is 19.4. The molecule has 0 saturated heterocycles. The molecule has 0 spiro atoms. The van der Waals surface area contributed by atoms with Crippen molar-refractivity contribution >= 4 is 23.3 Å². The number of ether oxygens (including phenoxy) is 1. The Balaban J connectivity index is 1.58. The molecule has 1 N–H and O–H groups in total. The predicted molar refractivity (Wildman–Crippen MR) is 99.5 cm³/mol. The standard InChI is InChI=1S/C20H20N2O5/c1-13(20(24)21-17-7-2-3-8-18(17)22(25)26)27-19(23)12-14-9-10-15-5-4-6-16(15)11-14/h2-3,7-11,13H,4-6,12H2,1H3,(H,21,24)/t13-/m1/s1. The first-order valence-corrected chi connectivity index (χ1v) is 8.78. The molecule has 0 radical (unpaired) electrons. The van der Waals surface area contributed by atoms with Crippen LogP contribution in [0, 0.1) is 10.1 Å². The number of para-hydroxylation sites is 2. The fourth-order valence-corrected chi connectivity index (χ4v) is 3.17. The molecule has 27 heavy (non-hydrogen) atoms. The van der Waals surface area contributed by atoms with Gasteiger partial charge in [-0.3, -0.25) is 19.7 Å². The Labute approximate surface area is 156 Å². The third kappa shape index (κ3) is 4.49. The highest BCUT2D eigenvalue weighted by Gasteiger charge is 2.22. The quantitative estimate of drug-likeness (QED) is 0.480. The molecule has 3 rings (SSSR count). The molecule has 0 heterocycles. The van der Waals surface area contributed by atoms with E-state index in [0.29, 0.717) is 0 Å². The molecule has 0 unspecified atom stereocenters. The summed E-state index contributed by atoms with van der Waals surface area (Å²) in [7, 11) is 0. The number of benzene rings is 2. The molecule has 1 atom stereocenters. The molecule has 1 aliphatic carbocycles. The lowest BCUT2D eigenvalue weighted by Crippen LogP contribution is -2.30. The Morgan fingerprint density at radius 3 is 2.70 bits per heavy atom. The molecular formula is C20H20N2O5. The van der Waals surface area contributed by atoms with Crippen molar-refractivity contribution < 1.29 is 19.2 Å². The Morgan fingerprint density at radius 1 is 1.19 bits per heavy atom. The third-order valence-electron chi connectivity index (χ3n) is 4.55. The van der Waals surface area contributed by atoms with E-state index in [1.165, 1.54) is 36.2 Å². The minimum Gasteiger partial charge on any atom is -0.452 e. The summed E-state index contributed by atoms with van der Waals surface area (Å²) in [6.07, 6.45) is 2.24. The van der Waals surface area contributed by atoms with Crippen LogP contribution < -0.4 is 5.32 Å². The number of hydrogen-bond acceptors (Lipinski definition) is 5. The number of carbonyl (C=O) groups excluding carboxylic acids is 2. The Morgan fingerprint density at radius 2 is 1.93 bits per heavy atom. The van der Waals surface area contributed by atoms with E-state index in [2.05, 4.69) is 5.32 Å². The molecule has 140 valence electrons. The first-order chi connectivity index (χ1) is 12.9. The van der Waals surface area contributed by atoms with E-state index in [1.807, 2.05) is 18.2 Å². The average Bonchev–Trinajstić information content (AvgIpc) is 3.09. The Hall–Kier alpha value is -3.22. The topological polar surface area (TPSA) is 98.5 Å². The van der Waals surface area contributed by atoms with E-state index in [0.717, 1.165) is 24.8 Å². The van der Waals surface area contributed by atoms with E-state index in [4.69, 9.17) is 4.74 Å². The van der Waals surface area contributed by atoms with Gasteiger partial charge in [0.25, 0.3) is 11.6 Å². The number of esters is 1. The molecule has 0 bridgehead atoms. The van der Waals surface area contributed by atoms with Crippen LogP contribution in [-0.4, -0.2) is 22.9 Å². The Bertz CT molecular complexity index is 894. The maximum atomic E-state index is 12.2. The number of fused-ring (bicyclic) bond motifs is 1. The number of anilines is 1. The van der Waals surface area contributed by atoms with E-state index < -0.39 is 22.9 Å². The smallest absolute Gasteiger partial charge is 0.311 e. The molecule has 2 aromatic carbocycles. The Kier molecular flexibility index (Phi) is 5.49. The second-order valence-electron chi connectivity index (χ2n) is 6.53. The lowest BCUT2D eigenvalue weighted by atomic mass is 10.0. The van der Waals surface area contributed by atoms with Crippen LogP contribution in [0.2, 0.25) is 0 Å². The second-order valence-corrected chi connectivity index (χ2v) is 6.53. The monoisotopic (exact) mass is 368 g/mol. The number of aryl methyl sites for hydroxylation is 2. The van der Waals surface area contributed by atoms with Crippen molar-refractivity contribution in [3.8, 4) is 0 Å². The van der Waals surface area contributed by atoms with Gasteiger partial charge in [-0.1, -0.05) is 30.3 Å². The van der Waals surface area contributed by atoms with Crippen molar-refractivity contribution in [1.29, 1.82) is 0 Å². The molecule has 7 heteroatoms. The highest BCUT2D eigenvalue weighted by molar-refractivity contribution is 5.96. The number of carbonyl (C=O) groups is 2. The first kappa shape index (κ1) is 18.6. The zero-order valence-corrected chi connectivity index (χ0v) is 14.9. The first-order valence-electron chi connectivity index (χ1n) is 8.78. The third-order valence-corrected chi connectivity index (χ3v) is 4.55. The number of rotatable bonds is 6. The number of nitrogens with one attached hydrogen (secondary N) is 1. The van der Waals surface area contributed by atoms with Crippen LogP contribution in [-0.2, 0) is 33.6 Å². The van der Waals surface area contributed by atoms with Gasteiger partial charge in [0.1, 0.15) is 5.69 Å². The van der Waals surface area contributed by atoms with Crippen LogP contribution in [0.1, 0.15) is 30.0 Å². The van der Waals surface area contributed by atoms with Crippen LogP contribution in [0.25, 0.3) is 0 Å². The highest BCUT2D eigenvalue weighted by Crippen LogP contribution is 2.24. The van der Waals surface area contributed by atoms with Gasteiger partial charge in [0.15, 0.2) is 6.10 Å². The average molecular weight is 368 g/mol. The van der Waals surface area contributed by atoms with Gasteiger partial charge in [-0.25, -0.2) is 0 Å². The summed E-state index contributed by atoms with van der Waals surface area (Å²) < 4.78 is 5.19. The van der Waals surface area contributed by atoms with Gasteiger partial charge in [-0.05, 0) is 48.9 Å². The summed E-state index contributed by atoms with van der Waals surface area (Å²) in [6, 6.07) is 11.8. The van der Waals surface area contributed by atoms with Crippen molar-refractivity contribution in [3.63, 3.8) is 0 Å². The van der Waals surface area contributed by atoms with E-state index in [-0.39, 0.29) is 17.8 Å². The zero-order valence-electron chi connectivity index (χ0n) is 14.9. The molecule has 0 aliphatic heterocycles. The van der Waals surface area contributed by atoms with Gasteiger partial charge >= 0.3 is 5.97 Å². The second kappa shape index (κ2) is 7.99. The van der Waals surface area contributed by atoms with Crippen molar-refractivity contribution in [2.45, 2.75) is 38.7 Å². The lowest BCUT2D eigenvalue weighted by molar-refractivity contribution is -0.383. The summed E-state index contributed by atoms with van der Waals surface area (Å²) in [5.74, 6) is -1.13. The van der Waals surface area contributed by atoms with Gasteiger partial charge in [0.05, 0.1) is 11.3 Å². The molecule has 1 aliphatic rings. The summed E-state index contributed by atoms with van der Waals surface area (Å²) in [5, 5.41) is 13.4. The van der Waals surface area contributed by atoms with E-state index in [1.54, 1.807) is 6.07 Å². The van der Waals surface area contributed by atoms with Gasteiger partial charge < -0.3 is 10.1 Å². The minimum atomic E-state index is -1.06. The van der Waals surface area contributed by atoms with Crippen LogP contribution in [0.15, 0.2) is 42.5 Å². The normalized spacial score (nSPS) is 13.5. The number of hydrogen-bond donors (Lipinski definition) is 1. The number of nitrogens with zero attached hydrogens (tertiary/aromatic N) is 1. The fourth-order valence-electron chi connectivity index (χ4n) is 3.17. The SMILES string of the molecule is C[C@@H](OC(=O)Cc1ccc2c(c1)CCC2)C(=O)Nc1ccccc1[N+](=O)[O-]. The van der Waals surface area contributed by atoms with Crippen molar-refractivity contribution in [2.75, 3.05) is 5.32 Å². The van der Waals surface area contributed by atoms with Crippen molar-refractivity contribution in [1.82, 2.24) is 0 Å². The summed E-state index contributed by atoms with van der Waals surface area (Å²) in [6.45, 7) is 1.44. The van der Waals surface area contributed by atoms with Gasteiger partial charge in [0, 0.05) is 6.07 Å². The van der Waals surface area contributed by atoms with Crippen LogP contribution in [0.4, 0.5) is 11.4 Å². The molecular weight excluding hydrogens is 348 g/mol. The molecule has 0 fully saturated rings. The van der Waals surface area contributed by atoms with E-state index >= 15 is 0 Å². The molecule has 0 saturated carbocycles. The lowest BCUT2D eigenvalue weighted by Gasteiger charge is -2.14. The van der Waals surface area contributed by atoms with Crippen LogP contribution in [0.5, 0.6) is 0 Å².